The number of benzene rings is 1. The summed E-state index contributed by atoms with van der Waals surface area (Å²) in [6.45, 7) is 2.19. The van der Waals surface area contributed by atoms with Crippen molar-refractivity contribution in [2.24, 2.45) is 0 Å². The van der Waals surface area contributed by atoms with Gasteiger partial charge in [0.1, 0.15) is 0 Å². The van der Waals surface area contributed by atoms with E-state index in [9.17, 15) is 15.0 Å². The van der Waals surface area contributed by atoms with Gasteiger partial charge in [-0.1, -0.05) is 6.92 Å². The van der Waals surface area contributed by atoms with Gasteiger partial charge in [0.15, 0.2) is 11.5 Å². The van der Waals surface area contributed by atoms with Crippen molar-refractivity contribution >= 4 is 5.97 Å². The molecule has 88 valence electrons. The zero-order valence-electron chi connectivity index (χ0n) is 9.19. The van der Waals surface area contributed by atoms with Gasteiger partial charge >= 0.3 is 5.97 Å². The zero-order chi connectivity index (χ0) is 12.1. The Morgan fingerprint density at radius 2 is 2.06 bits per heavy atom. The Morgan fingerprint density at radius 1 is 1.38 bits per heavy atom. The second kappa shape index (κ2) is 5.25. The molecular weight excluding hydrogens is 212 g/mol. The van der Waals surface area contributed by atoms with Crippen molar-refractivity contribution in [3.63, 3.8) is 0 Å². The summed E-state index contributed by atoms with van der Waals surface area (Å²) in [6.07, 6.45) is 0.715. The van der Waals surface area contributed by atoms with E-state index in [0.29, 0.717) is 13.0 Å². The Balaban J connectivity index is 2.97. The highest BCUT2D eigenvalue weighted by Gasteiger charge is 2.15. The highest BCUT2D eigenvalue weighted by molar-refractivity contribution is 5.91. The van der Waals surface area contributed by atoms with Crippen LogP contribution >= 0.6 is 0 Å². The second-order valence-electron chi connectivity index (χ2n) is 3.18. The lowest BCUT2D eigenvalue weighted by molar-refractivity contribution is 0.0504. The molecular formula is C11H14O5. The summed E-state index contributed by atoms with van der Waals surface area (Å²) in [5.74, 6) is -1.34. The van der Waals surface area contributed by atoms with Crippen molar-refractivity contribution in [1.82, 2.24) is 0 Å². The first-order valence-corrected chi connectivity index (χ1v) is 4.87. The Labute approximate surface area is 93.2 Å². The molecule has 0 aromatic heterocycles. The van der Waals surface area contributed by atoms with Crippen LogP contribution in [0.25, 0.3) is 0 Å². The first-order chi connectivity index (χ1) is 7.60. The summed E-state index contributed by atoms with van der Waals surface area (Å²) in [4.78, 5) is 11.5. The molecule has 0 amide bonds. The van der Waals surface area contributed by atoms with Crippen LogP contribution in [0.3, 0.4) is 0 Å². The molecule has 0 saturated carbocycles. The summed E-state index contributed by atoms with van der Waals surface area (Å²) >= 11 is 0. The number of phenolic OH excluding ortho intramolecular Hbond substituents is 2. The van der Waals surface area contributed by atoms with Crippen LogP contribution in [-0.4, -0.2) is 29.9 Å². The Kier molecular flexibility index (Phi) is 3.99. The third kappa shape index (κ3) is 2.56. The summed E-state index contributed by atoms with van der Waals surface area (Å²) in [5.41, 5.74) is 0.139. The van der Waals surface area contributed by atoms with Gasteiger partial charge in [0.05, 0.1) is 19.3 Å². The van der Waals surface area contributed by atoms with Crippen LogP contribution in [0.2, 0.25) is 0 Å². The molecule has 0 radical (unpaired) electrons. The molecule has 1 rings (SSSR count). The third-order valence-corrected chi connectivity index (χ3v) is 1.95. The molecule has 0 heterocycles. The molecule has 0 atom stereocenters. The zero-order valence-corrected chi connectivity index (χ0v) is 9.19. The minimum absolute atomic E-state index is 0.0310. The molecule has 1 aromatic carbocycles. The number of carbonyl (C=O) groups is 1. The van der Waals surface area contributed by atoms with E-state index in [-0.39, 0.29) is 11.3 Å². The predicted molar refractivity (Wildman–Crippen MR) is 56.9 cm³/mol. The number of ether oxygens (including phenoxy) is 2. The van der Waals surface area contributed by atoms with Crippen LogP contribution < -0.4 is 4.74 Å². The molecule has 1 aromatic rings. The first-order valence-electron chi connectivity index (χ1n) is 4.87. The Hall–Kier alpha value is -1.91. The number of hydrogen-bond acceptors (Lipinski definition) is 5. The third-order valence-electron chi connectivity index (χ3n) is 1.95. The molecule has 0 aliphatic rings. The molecule has 5 heteroatoms. The van der Waals surface area contributed by atoms with Crippen molar-refractivity contribution in [1.29, 1.82) is 0 Å². The second-order valence-corrected chi connectivity index (χ2v) is 3.18. The van der Waals surface area contributed by atoms with Crippen molar-refractivity contribution < 1.29 is 24.5 Å². The SMILES string of the molecule is CCCOC(=O)c1cc(O)c(O)c(OC)c1. The van der Waals surface area contributed by atoms with E-state index in [0.717, 1.165) is 6.07 Å². The molecule has 2 N–H and O–H groups in total. The van der Waals surface area contributed by atoms with Crippen LogP contribution in [0.5, 0.6) is 17.2 Å². The lowest BCUT2D eigenvalue weighted by Crippen LogP contribution is -2.06. The summed E-state index contributed by atoms with van der Waals surface area (Å²) in [5, 5.41) is 18.7. The molecule has 0 bridgehead atoms. The maximum atomic E-state index is 11.5. The molecule has 0 aliphatic carbocycles. The summed E-state index contributed by atoms with van der Waals surface area (Å²) < 4.78 is 9.69. The molecule has 0 fully saturated rings. The number of methoxy groups -OCH3 is 1. The number of phenols is 2. The van der Waals surface area contributed by atoms with Crippen LogP contribution in [-0.2, 0) is 4.74 Å². The molecule has 5 nitrogen and oxygen atoms in total. The van der Waals surface area contributed by atoms with Crippen molar-refractivity contribution in [2.45, 2.75) is 13.3 Å². The first kappa shape index (κ1) is 12.2. The Morgan fingerprint density at radius 3 is 2.62 bits per heavy atom. The molecule has 0 spiro atoms. The summed E-state index contributed by atoms with van der Waals surface area (Å²) in [6, 6.07) is 2.45. The Bertz CT molecular complexity index is 386. The lowest BCUT2D eigenvalue weighted by Gasteiger charge is -2.08. The predicted octanol–water partition coefficient (Wildman–Crippen LogP) is 1.67. The van der Waals surface area contributed by atoms with E-state index < -0.39 is 17.5 Å². The minimum Gasteiger partial charge on any atom is -0.504 e. The fraction of sp³-hybridized carbons (Fsp3) is 0.364. The van der Waals surface area contributed by atoms with Crippen LogP contribution in [0.1, 0.15) is 23.7 Å². The molecule has 0 aliphatic heterocycles. The summed E-state index contributed by atoms with van der Waals surface area (Å²) in [7, 11) is 1.33. The van der Waals surface area contributed by atoms with E-state index >= 15 is 0 Å². The van der Waals surface area contributed by atoms with Gasteiger partial charge in [-0.25, -0.2) is 4.79 Å². The van der Waals surface area contributed by atoms with E-state index in [1.54, 1.807) is 0 Å². The fourth-order valence-corrected chi connectivity index (χ4v) is 1.14. The maximum absolute atomic E-state index is 11.5. The van der Waals surface area contributed by atoms with Crippen molar-refractivity contribution in [2.75, 3.05) is 13.7 Å². The molecule has 0 unspecified atom stereocenters. The molecule has 0 saturated heterocycles. The molecule has 16 heavy (non-hydrogen) atoms. The largest absolute Gasteiger partial charge is 0.504 e. The van der Waals surface area contributed by atoms with Gasteiger partial charge in [0.2, 0.25) is 5.75 Å². The number of hydrogen-bond donors (Lipinski definition) is 2. The highest BCUT2D eigenvalue weighted by atomic mass is 16.5. The highest BCUT2D eigenvalue weighted by Crippen LogP contribution is 2.36. The quantitative estimate of drug-likeness (QED) is 0.603. The van der Waals surface area contributed by atoms with Gasteiger partial charge < -0.3 is 19.7 Å². The monoisotopic (exact) mass is 226 g/mol. The van der Waals surface area contributed by atoms with Crippen LogP contribution in [0.4, 0.5) is 0 Å². The normalized spacial score (nSPS) is 9.88. The maximum Gasteiger partial charge on any atom is 0.338 e. The number of esters is 1. The van der Waals surface area contributed by atoms with E-state index in [1.807, 2.05) is 6.92 Å². The van der Waals surface area contributed by atoms with Gasteiger partial charge in [0, 0.05) is 0 Å². The van der Waals surface area contributed by atoms with Crippen molar-refractivity contribution in [3.8, 4) is 17.2 Å². The van der Waals surface area contributed by atoms with Gasteiger partial charge in [0.25, 0.3) is 0 Å². The van der Waals surface area contributed by atoms with Crippen LogP contribution in [0.15, 0.2) is 12.1 Å². The van der Waals surface area contributed by atoms with Gasteiger partial charge in [-0.05, 0) is 18.6 Å². The van der Waals surface area contributed by atoms with Crippen molar-refractivity contribution in [3.05, 3.63) is 17.7 Å². The standard InChI is InChI=1S/C11H14O5/c1-3-4-16-11(14)7-5-8(12)10(13)9(6-7)15-2/h5-6,12-13H,3-4H2,1-2H3. The topological polar surface area (TPSA) is 76.0 Å². The van der Waals surface area contributed by atoms with Gasteiger partial charge in [-0.2, -0.15) is 0 Å². The smallest absolute Gasteiger partial charge is 0.338 e. The number of carbonyl (C=O) groups excluding carboxylic acids is 1. The number of rotatable bonds is 4. The average Bonchev–Trinajstić information content (AvgIpc) is 2.29. The van der Waals surface area contributed by atoms with E-state index in [2.05, 4.69) is 0 Å². The average molecular weight is 226 g/mol. The van der Waals surface area contributed by atoms with Gasteiger partial charge in [-0.3, -0.25) is 0 Å². The lowest BCUT2D eigenvalue weighted by atomic mass is 10.2. The van der Waals surface area contributed by atoms with Gasteiger partial charge in [-0.15, -0.1) is 0 Å². The van der Waals surface area contributed by atoms with Crippen LogP contribution in [0, 0.1) is 0 Å². The van der Waals surface area contributed by atoms with E-state index in [4.69, 9.17) is 9.47 Å². The minimum atomic E-state index is -0.560. The number of aromatic hydroxyl groups is 2. The fourth-order valence-electron chi connectivity index (χ4n) is 1.14. The van der Waals surface area contributed by atoms with E-state index in [1.165, 1.54) is 13.2 Å².